The van der Waals surface area contributed by atoms with Crippen molar-refractivity contribution in [2.24, 2.45) is 5.92 Å². The molecule has 0 radical (unpaired) electrons. The first-order valence-electron chi connectivity index (χ1n) is 6.20. The molecule has 0 bridgehead atoms. The van der Waals surface area contributed by atoms with E-state index < -0.39 is 5.97 Å². The van der Waals surface area contributed by atoms with Gasteiger partial charge in [-0.2, -0.15) is 0 Å². The normalized spacial score (nSPS) is 11.1. The number of hydrogen-bond acceptors (Lipinski definition) is 4. The molecule has 0 unspecified atom stereocenters. The predicted molar refractivity (Wildman–Crippen MR) is 66.6 cm³/mol. The number of rotatable bonds is 8. The molecule has 0 aliphatic carbocycles. The molecule has 1 heterocycles. The van der Waals surface area contributed by atoms with Gasteiger partial charge in [0.25, 0.3) is 0 Å². The Balaban J connectivity index is 2.73. The van der Waals surface area contributed by atoms with E-state index in [1.807, 2.05) is 13.8 Å². The fourth-order valence-corrected chi connectivity index (χ4v) is 1.78. The maximum atomic E-state index is 11.1. The Kier molecular flexibility index (Phi) is 5.77. The molecule has 1 N–H and O–H groups in total. The largest absolute Gasteiger partial charge is 0.476 e. The maximum absolute atomic E-state index is 11.1. The Morgan fingerprint density at radius 1 is 1.44 bits per heavy atom. The van der Waals surface area contributed by atoms with E-state index >= 15 is 0 Å². The van der Waals surface area contributed by atoms with E-state index in [4.69, 9.17) is 9.84 Å². The van der Waals surface area contributed by atoms with Gasteiger partial charge in [-0.3, -0.25) is 0 Å². The highest BCUT2D eigenvalue weighted by Gasteiger charge is 2.19. The molecular formula is C12H21N3O3. The fraction of sp³-hybridized carbons (Fsp3) is 0.750. The van der Waals surface area contributed by atoms with Crippen LogP contribution in [-0.2, 0) is 17.7 Å². The van der Waals surface area contributed by atoms with Gasteiger partial charge in [-0.15, -0.1) is 5.10 Å². The summed E-state index contributed by atoms with van der Waals surface area (Å²) in [5.74, 6) is -0.631. The molecule has 0 atom stereocenters. The third kappa shape index (κ3) is 4.10. The quantitative estimate of drug-likeness (QED) is 0.714. The van der Waals surface area contributed by atoms with Crippen molar-refractivity contribution in [3.8, 4) is 0 Å². The summed E-state index contributed by atoms with van der Waals surface area (Å²) in [5, 5.41) is 16.7. The zero-order chi connectivity index (χ0) is 13.5. The maximum Gasteiger partial charge on any atom is 0.358 e. The van der Waals surface area contributed by atoms with Crippen molar-refractivity contribution >= 4 is 5.97 Å². The molecule has 0 fully saturated rings. The van der Waals surface area contributed by atoms with Crippen molar-refractivity contribution in [2.45, 2.75) is 39.7 Å². The zero-order valence-corrected chi connectivity index (χ0v) is 11.2. The lowest BCUT2D eigenvalue weighted by molar-refractivity contribution is 0.0689. The van der Waals surface area contributed by atoms with Crippen LogP contribution >= 0.6 is 0 Å². The number of carboxylic acid groups (broad SMARTS) is 1. The second-order valence-corrected chi connectivity index (χ2v) is 4.71. The Labute approximate surface area is 107 Å². The molecule has 0 aromatic carbocycles. The summed E-state index contributed by atoms with van der Waals surface area (Å²) in [4.78, 5) is 11.1. The van der Waals surface area contributed by atoms with Gasteiger partial charge < -0.3 is 9.84 Å². The van der Waals surface area contributed by atoms with Crippen molar-refractivity contribution in [1.29, 1.82) is 0 Å². The molecular weight excluding hydrogens is 234 g/mol. The molecule has 1 rings (SSSR count). The highest BCUT2D eigenvalue weighted by molar-refractivity contribution is 5.86. The molecule has 6 heteroatoms. The third-order valence-corrected chi connectivity index (χ3v) is 2.61. The summed E-state index contributed by atoms with van der Waals surface area (Å²) in [6.45, 7) is 5.49. The number of unbranched alkanes of at least 4 members (excludes halogenated alkanes) is 1. The second-order valence-electron chi connectivity index (χ2n) is 4.71. The summed E-state index contributed by atoms with van der Waals surface area (Å²) >= 11 is 0. The van der Waals surface area contributed by atoms with Gasteiger partial charge in [0.05, 0.1) is 5.69 Å². The number of ether oxygens (including phenoxy) is 1. The number of nitrogens with zero attached hydrogens (tertiary/aromatic N) is 3. The third-order valence-electron chi connectivity index (χ3n) is 2.61. The number of carbonyl (C=O) groups is 1. The van der Waals surface area contributed by atoms with Crippen molar-refractivity contribution in [2.75, 3.05) is 13.7 Å². The first-order chi connectivity index (χ1) is 8.56. The Morgan fingerprint density at radius 3 is 2.72 bits per heavy atom. The molecule has 0 spiro atoms. The number of carboxylic acids is 1. The van der Waals surface area contributed by atoms with Crippen LogP contribution in [0.5, 0.6) is 0 Å². The highest BCUT2D eigenvalue weighted by atomic mass is 16.5. The Hall–Kier alpha value is -1.43. The smallest absolute Gasteiger partial charge is 0.358 e. The number of aryl methyl sites for hydroxylation is 1. The van der Waals surface area contributed by atoms with E-state index in [1.165, 1.54) is 0 Å². The SMILES string of the molecule is COCCCCn1nnc(C(=O)O)c1CC(C)C. The average molecular weight is 255 g/mol. The molecule has 0 saturated carbocycles. The van der Waals surface area contributed by atoms with Crippen LogP contribution in [0.3, 0.4) is 0 Å². The van der Waals surface area contributed by atoms with Gasteiger partial charge in [-0.1, -0.05) is 19.1 Å². The van der Waals surface area contributed by atoms with E-state index in [2.05, 4.69) is 10.3 Å². The first-order valence-corrected chi connectivity index (χ1v) is 6.20. The van der Waals surface area contributed by atoms with Gasteiger partial charge in [0.2, 0.25) is 0 Å². The number of aromatic nitrogens is 3. The minimum atomic E-state index is -1.01. The van der Waals surface area contributed by atoms with E-state index in [0.717, 1.165) is 18.5 Å². The molecule has 0 aliphatic rings. The fourth-order valence-electron chi connectivity index (χ4n) is 1.78. The Morgan fingerprint density at radius 2 is 2.17 bits per heavy atom. The van der Waals surface area contributed by atoms with Crippen molar-refractivity contribution in [3.63, 3.8) is 0 Å². The molecule has 18 heavy (non-hydrogen) atoms. The van der Waals surface area contributed by atoms with Crippen LogP contribution < -0.4 is 0 Å². The van der Waals surface area contributed by atoms with Gasteiger partial charge in [0.15, 0.2) is 5.69 Å². The van der Waals surface area contributed by atoms with Gasteiger partial charge in [0.1, 0.15) is 0 Å². The van der Waals surface area contributed by atoms with Crippen molar-refractivity contribution in [3.05, 3.63) is 11.4 Å². The lowest BCUT2D eigenvalue weighted by Gasteiger charge is -2.09. The summed E-state index contributed by atoms with van der Waals surface area (Å²) in [5.41, 5.74) is 0.797. The average Bonchev–Trinajstić information content (AvgIpc) is 2.67. The molecule has 1 aromatic heterocycles. The van der Waals surface area contributed by atoms with E-state index in [-0.39, 0.29) is 5.69 Å². The molecule has 0 saturated heterocycles. The predicted octanol–water partition coefficient (Wildman–Crippen LogP) is 1.60. The highest BCUT2D eigenvalue weighted by Crippen LogP contribution is 2.12. The van der Waals surface area contributed by atoms with E-state index in [0.29, 0.717) is 25.5 Å². The number of hydrogen-bond donors (Lipinski definition) is 1. The minimum absolute atomic E-state index is 0.0791. The van der Waals surface area contributed by atoms with E-state index in [9.17, 15) is 4.79 Å². The first kappa shape index (κ1) is 14.6. The monoisotopic (exact) mass is 255 g/mol. The molecule has 0 aliphatic heterocycles. The lowest BCUT2D eigenvalue weighted by Crippen LogP contribution is -2.11. The molecule has 1 aromatic rings. The zero-order valence-electron chi connectivity index (χ0n) is 11.2. The van der Waals surface area contributed by atoms with Gasteiger partial charge in [-0.25, -0.2) is 9.48 Å². The van der Waals surface area contributed by atoms with Crippen LogP contribution in [0.25, 0.3) is 0 Å². The topological polar surface area (TPSA) is 77.2 Å². The number of aromatic carboxylic acids is 1. The number of methoxy groups -OCH3 is 1. The van der Waals surface area contributed by atoms with E-state index in [1.54, 1.807) is 11.8 Å². The van der Waals surface area contributed by atoms with Crippen LogP contribution in [0.2, 0.25) is 0 Å². The minimum Gasteiger partial charge on any atom is -0.476 e. The van der Waals surface area contributed by atoms with Crippen LogP contribution in [0.1, 0.15) is 42.9 Å². The standard InChI is InChI=1S/C12H21N3O3/c1-9(2)8-10-11(12(16)17)13-14-15(10)6-4-5-7-18-3/h9H,4-8H2,1-3H3,(H,16,17). The molecule has 102 valence electrons. The van der Waals surface area contributed by atoms with Gasteiger partial charge >= 0.3 is 5.97 Å². The molecule has 6 nitrogen and oxygen atoms in total. The van der Waals surface area contributed by atoms with Gasteiger partial charge in [0, 0.05) is 20.3 Å². The second kappa shape index (κ2) is 7.10. The summed E-state index contributed by atoms with van der Waals surface area (Å²) in [7, 11) is 1.67. The summed E-state index contributed by atoms with van der Waals surface area (Å²) in [6.07, 6.45) is 2.51. The molecule has 0 amide bonds. The Bertz CT molecular complexity index is 388. The summed E-state index contributed by atoms with van der Waals surface area (Å²) in [6, 6.07) is 0. The lowest BCUT2D eigenvalue weighted by atomic mass is 10.1. The summed E-state index contributed by atoms with van der Waals surface area (Å²) < 4.78 is 6.69. The van der Waals surface area contributed by atoms with Crippen LogP contribution in [0.15, 0.2) is 0 Å². The van der Waals surface area contributed by atoms with Crippen LogP contribution in [0, 0.1) is 5.92 Å². The van der Waals surface area contributed by atoms with Crippen LogP contribution in [-0.4, -0.2) is 39.8 Å². The van der Waals surface area contributed by atoms with Crippen LogP contribution in [0.4, 0.5) is 0 Å². The van der Waals surface area contributed by atoms with Crippen molar-refractivity contribution in [1.82, 2.24) is 15.0 Å². The van der Waals surface area contributed by atoms with Crippen molar-refractivity contribution < 1.29 is 14.6 Å². The van der Waals surface area contributed by atoms with Gasteiger partial charge in [-0.05, 0) is 25.2 Å².